The van der Waals surface area contributed by atoms with Crippen molar-refractivity contribution in [3.8, 4) is 0 Å². The van der Waals surface area contributed by atoms with Crippen LogP contribution in [-0.2, 0) is 14.8 Å². The summed E-state index contributed by atoms with van der Waals surface area (Å²) < 4.78 is 26.8. The highest BCUT2D eigenvalue weighted by Gasteiger charge is 2.27. The molecule has 1 fully saturated rings. The molecule has 2 N–H and O–H groups in total. The zero-order valence-corrected chi connectivity index (χ0v) is 18.7. The molecule has 0 aromatic heterocycles. The number of hydrogen-bond donors (Lipinski definition) is 2. The Morgan fingerprint density at radius 3 is 2.10 bits per heavy atom. The van der Waals surface area contributed by atoms with Gasteiger partial charge >= 0.3 is 0 Å². The van der Waals surface area contributed by atoms with Crippen LogP contribution in [0.15, 0.2) is 59.5 Å². The third kappa shape index (κ3) is 5.28. The van der Waals surface area contributed by atoms with Gasteiger partial charge in [-0.25, -0.2) is 8.42 Å². The molecule has 1 amide bonds. The van der Waals surface area contributed by atoms with Crippen LogP contribution in [-0.4, -0.2) is 37.8 Å². The summed E-state index contributed by atoms with van der Waals surface area (Å²) in [4.78, 5) is 13.0. The molecule has 0 aliphatic carbocycles. The largest absolute Gasteiger partial charge is 0.325 e. The van der Waals surface area contributed by atoms with Crippen LogP contribution in [0.4, 0.5) is 5.69 Å². The van der Waals surface area contributed by atoms with Crippen molar-refractivity contribution in [3.05, 3.63) is 60.2 Å². The van der Waals surface area contributed by atoms with Crippen LogP contribution in [0.1, 0.15) is 45.2 Å². The standard InChI is InChI=1S/C23H31N3O3S/c1-17(2)22(19-9-5-4-6-10-19)24-18(3)23(27)25-20-11-13-21(14-12-20)30(28,29)26-15-7-8-16-26/h4-6,9-14,17-18,22,24H,7-8,15-16H2,1-3H3,(H,25,27)/t18-,22-/m0/s1. The first-order valence-electron chi connectivity index (χ1n) is 10.5. The number of sulfonamides is 1. The third-order valence-corrected chi connectivity index (χ3v) is 7.39. The van der Waals surface area contributed by atoms with Gasteiger partial charge in [0.1, 0.15) is 0 Å². The van der Waals surface area contributed by atoms with E-state index in [2.05, 4.69) is 36.6 Å². The van der Waals surface area contributed by atoms with Crippen LogP contribution in [0.25, 0.3) is 0 Å². The van der Waals surface area contributed by atoms with E-state index in [4.69, 9.17) is 0 Å². The summed E-state index contributed by atoms with van der Waals surface area (Å²) in [6.45, 7) is 7.22. The molecule has 2 aromatic rings. The highest BCUT2D eigenvalue weighted by Crippen LogP contribution is 2.24. The van der Waals surface area contributed by atoms with Gasteiger partial charge in [-0.15, -0.1) is 0 Å². The number of carbonyl (C=O) groups excluding carboxylic acids is 1. The minimum atomic E-state index is -3.45. The van der Waals surface area contributed by atoms with Crippen molar-refractivity contribution in [3.63, 3.8) is 0 Å². The topological polar surface area (TPSA) is 78.5 Å². The molecule has 2 aromatic carbocycles. The molecule has 0 saturated carbocycles. The van der Waals surface area contributed by atoms with Crippen molar-refractivity contribution < 1.29 is 13.2 Å². The Morgan fingerprint density at radius 2 is 1.53 bits per heavy atom. The second-order valence-electron chi connectivity index (χ2n) is 8.15. The third-order valence-electron chi connectivity index (χ3n) is 5.47. The molecule has 162 valence electrons. The summed E-state index contributed by atoms with van der Waals surface area (Å²) in [6, 6.07) is 16.1. The predicted octanol–water partition coefficient (Wildman–Crippen LogP) is 3.79. The normalized spacial score (nSPS) is 17.1. The monoisotopic (exact) mass is 429 g/mol. The molecule has 1 aliphatic heterocycles. The molecule has 0 radical (unpaired) electrons. The first kappa shape index (κ1) is 22.5. The minimum Gasteiger partial charge on any atom is -0.325 e. The van der Waals surface area contributed by atoms with Gasteiger partial charge in [0, 0.05) is 24.8 Å². The molecule has 30 heavy (non-hydrogen) atoms. The average molecular weight is 430 g/mol. The van der Waals surface area contributed by atoms with E-state index in [1.165, 1.54) is 4.31 Å². The maximum Gasteiger partial charge on any atom is 0.243 e. The fourth-order valence-corrected chi connectivity index (χ4v) is 5.23. The first-order valence-corrected chi connectivity index (χ1v) is 11.9. The maximum atomic E-state index is 12.7. The maximum absolute atomic E-state index is 12.7. The number of anilines is 1. The van der Waals surface area contributed by atoms with Crippen molar-refractivity contribution in [2.75, 3.05) is 18.4 Å². The number of amides is 1. The van der Waals surface area contributed by atoms with Gasteiger partial charge in [0.15, 0.2) is 0 Å². The highest BCUT2D eigenvalue weighted by molar-refractivity contribution is 7.89. The van der Waals surface area contributed by atoms with E-state index in [1.807, 2.05) is 25.1 Å². The molecule has 6 nitrogen and oxygen atoms in total. The van der Waals surface area contributed by atoms with Gasteiger partial charge in [0.25, 0.3) is 0 Å². The lowest BCUT2D eigenvalue weighted by Crippen LogP contribution is -2.41. The summed E-state index contributed by atoms with van der Waals surface area (Å²) in [6.07, 6.45) is 1.80. The fourth-order valence-electron chi connectivity index (χ4n) is 3.72. The van der Waals surface area contributed by atoms with E-state index in [9.17, 15) is 13.2 Å². The van der Waals surface area contributed by atoms with Gasteiger partial charge in [-0.3, -0.25) is 10.1 Å². The van der Waals surface area contributed by atoms with E-state index in [-0.39, 0.29) is 16.8 Å². The molecule has 0 unspecified atom stereocenters. The van der Waals surface area contributed by atoms with Crippen molar-refractivity contribution >= 4 is 21.6 Å². The van der Waals surface area contributed by atoms with Crippen LogP contribution in [0, 0.1) is 5.92 Å². The Kier molecular flexibility index (Phi) is 7.28. The number of hydrogen-bond acceptors (Lipinski definition) is 4. The Morgan fingerprint density at radius 1 is 0.933 bits per heavy atom. The molecule has 1 aliphatic rings. The zero-order chi connectivity index (χ0) is 21.7. The van der Waals surface area contributed by atoms with Crippen molar-refractivity contribution in [2.24, 2.45) is 5.92 Å². The van der Waals surface area contributed by atoms with Crippen molar-refractivity contribution in [1.29, 1.82) is 0 Å². The lowest BCUT2D eigenvalue weighted by atomic mass is 9.95. The second-order valence-corrected chi connectivity index (χ2v) is 10.1. The van der Waals surface area contributed by atoms with Crippen LogP contribution in [0.5, 0.6) is 0 Å². The molecule has 1 heterocycles. The Labute approximate surface area is 179 Å². The van der Waals surface area contributed by atoms with Gasteiger partial charge in [-0.05, 0) is 55.5 Å². The molecule has 7 heteroatoms. The summed E-state index contributed by atoms with van der Waals surface area (Å²) in [7, 11) is -3.45. The van der Waals surface area contributed by atoms with Crippen molar-refractivity contribution in [2.45, 2.75) is 50.6 Å². The molecule has 0 bridgehead atoms. The van der Waals surface area contributed by atoms with E-state index in [0.29, 0.717) is 24.7 Å². The molecule has 1 saturated heterocycles. The lowest BCUT2D eigenvalue weighted by molar-refractivity contribution is -0.118. The van der Waals surface area contributed by atoms with Gasteiger partial charge in [0.05, 0.1) is 10.9 Å². The van der Waals surface area contributed by atoms with Crippen LogP contribution >= 0.6 is 0 Å². The molecule has 2 atom stereocenters. The quantitative estimate of drug-likeness (QED) is 0.669. The van der Waals surface area contributed by atoms with Gasteiger partial charge in [-0.2, -0.15) is 4.31 Å². The van der Waals surface area contributed by atoms with E-state index in [1.54, 1.807) is 24.3 Å². The Hall–Kier alpha value is -2.22. The van der Waals surface area contributed by atoms with Crippen LogP contribution < -0.4 is 10.6 Å². The Bertz CT molecular complexity index is 937. The van der Waals surface area contributed by atoms with Crippen LogP contribution in [0.3, 0.4) is 0 Å². The number of carbonyl (C=O) groups is 1. The Balaban J connectivity index is 1.63. The lowest BCUT2D eigenvalue weighted by Gasteiger charge is -2.26. The number of nitrogens with zero attached hydrogens (tertiary/aromatic N) is 1. The number of benzene rings is 2. The van der Waals surface area contributed by atoms with Gasteiger partial charge in [0.2, 0.25) is 15.9 Å². The summed E-state index contributed by atoms with van der Waals surface area (Å²) in [5.74, 6) is 0.157. The highest BCUT2D eigenvalue weighted by atomic mass is 32.2. The molecular weight excluding hydrogens is 398 g/mol. The first-order chi connectivity index (χ1) is 14.3. The fraction of sp³-hybridized carbons (Fsp3) is 0.435. The summed E-state index contributed by atoms with van der Waals surface area (Å²) >= 11 is 0. The summed E-state index contributed by atoms with van der Waals surface area (Å²) in [5.41, 5.74) is 1.72. The number of nitrogens with one attached hydrogen (secondary N) is 2. The van der Waals surface area contributed by atoms with Crippen LogP contribution in [0.2, 0.25) is 0 Å². The van der Waals surface area contributed by atoms with Gasteiger partial charge < -0.3 is 5.32 Å². The number of rotatable bonds is 8. The zero-order valence-electron chi connectivity index (χ0n) is 17.8. The SMILES string of the molecule is CC(C)[C@H](N[C@@H](C)C(=O)Nc1ccc(S(=O)(=O)N2CCCC2)cc1)c1ccccc1. The average Bonchev–Trinajstić information content (AvgIpc) is 3.28. The van der Waals surface area contributed by atoms with E-state index in [0.717, 1.165) is 18.4 Å². The van der Waals surface area contributed by atoms with E-state index < -0.39 is 16.1 Å². The van der Waals surface area contributed by atoms with E-state index >= 15 is 0 Å². The second kappa shape index (κ2) is 9.73. The minimum absolute atomic E-state index is 0.0555. The summed E-state index contributed by atoms with van der Waals surface area (Å²) in [5, 5.41) is 6.29. The molecule has 3 rings (SSSR count). The molecule has 0 spiro atoms. The smallest absolute Gasteiger partial charge is 0.243 e. The van der Waals surface area contributed by atoms with Gasteiger partial charge in [-0.1, -0.05) is 44.2 Å². The molecular formula is C23H31N3O3S. The predicted molar refractivity (Wildman–Crippen MR) is 120 cm³/mol. The van der Waals surface area contributed by atoms with Crippen molar-refractivity contribution in [1.82, 2.24) is 9.62 Å².